The van der Waals surface area contributed by atoms with Crippen molar-refractivity contribution >= 4 is 65.2 Å². The van der Waals surface area contributed by atoms with E-state index in [2.05, 4.69) is 167 Å². The fourth-order valence-corrected chi connectivity index (χ4v) is 8.75. The summed E-state index contributed by atoms with van der Waals surface area (Å²) in [6.07, 6.45) is 1.87. The van der Waals surface area contributed by atoms with Gasteiger partial charge in [-0.15, -0.1) is 0 Å². The molecule has 1 aliphatic rings. The predicted octanol–water partition coefficient (Wildman–Crippen LogP) is 12.3. The van der Waals surface area contributed by atoms with Crippen LogP contribution in [-0.2, 0) is 0 Å². The minimum Gasteiger partial charge on any atom is -0.309 e. The highest BCUT2D eigenvalue weighted by Gasteiger charge is 2.25. The van der Waals surface area contributed by atoms with Gasteiger partial charge < -0.3 is 4.57 Å². The lowest BCUT2D eigenvalue weighted by atomic mass is 10.00. The number of aromatic nitrogens is 4. The van der Waals surface area contributed by atoms with Gasteiger partial charge in [-0.2, -0.15) is 0 Å². The molecular formula is C48H28N4. The zero-order chi connectivity index (χ0) is 33.9. The molecular weight excluding hydrogens is 633 g/mol. The van der Waals surface area contributed by atoms with Crippen LogP contribution in [-0.4, -0.2) is 19.1 Å². The number of pyridine rings is 2. The van der Waals surface area contributed by atoms with Crippen molar-refractivity contribution in [3.8, 4) is 45.1 Å². The average Bonchev–Trinajstić information content (AvgIpc) is 3.83. The molecule has 52 heavy (non-hydrogen) atoms. The van der Waals surface area contributed by atoms with E-state index in [0.29, 0.717) is 0 Å². The Balaban J connectivity index is 1.08. The highest BCUT2D eigenvalue weighted by molar-refractivity contribution is 6.16. The molecule has 240 valence electrons. The van der Waals surface area contributed by atoms with Crippen molar-refractivity contribution in [1.82, 2.24) is 19.1 Å². The Labute approximate surface area is 298 Å². The SMILES string of the molecule is c1ccc(-n2c3ccc(-c4ccc5c(c4)c4ccccc4n5-c4cc5cccc6c5c(n4)-c4cccnc4-6)cc3c3cc4ccccc4cc32)cc1. The number of benzene rings is 7. The van der Waals surface area contributed by atoms with Gasteiger partial charge in [0, 0.05) is 49.9 Å². The van der Waals surface area contributed by atoms with E-state index in [4.69, 9.17) is 9.97 Å². The molecule has 0 fully saturated rings. The third-order valence-corrected chi connectivity index (χ3v) is 11.0. The molecule has 0 N–H and O–H groups in total. The minimum absolute atomic E-state index is 0.915. The second kappa shape index (κ2) is 10.3. The van der Waals surface area contributed by atoms with E-state index in [1.54, 1.807) is 0 Å². The zero-order valence-electron chi connectivity index (χ0n) is 28.0. The van der Waals surface area contributed by atoms with Gasteiger partial charge >= 0.3 is 0 Å². The van der Waals surface area contributed by atoms with Crippen molar-refractivity contribution in [2.24, 2.45) is 0 Å². The molecule has 11 aromatic rings. The predicted molar refractivity (Wildman–Crippen MR) is 216 cm³/mol. The monoisotopic (exact) mass is 660 g/mol. The summed E-state index contributed by atoms with van der Waals surface area (Å²) in [7, 11) is 0. The summed E-state index contributed by atoms with van der Waals surface area (Å²) in [5.41, 5.74) is 12.5. The standard InChI is InChI=1S/C48H28N4/c1-2-13-34(14-3-1)51-42-21-19-32(26-39(42)40-24-29-10-4-5-11-30(29)27-44(40)51)31-20-22-43-38(25-31)35-15-6-7-18-41(35)52(43)45-28-33-12-8-16-36-46(33)48(50-45)37-17-9-23-49-47(36)37/h1-28H. The molecule has 0 unspecified atom stereocenters. The zero-order valence-corrected chi connectivity index (χ0v) is 28.0. The summed E-state index contributed by atoms with van der Waals surface area (Å²) in [5, 5.41) is 9.77. The molecule has 4 aromatic heterocycles. The fourth-order valence-electron chi connectivity index (χ4n) is 8.75. The van der Waals surface area contributed by atoms with Crippen LogP contribution in [0.4, 0.5) is 0 Å². The Morgan fingerprint density at radius 2 is 1.04 bits per heavy atom. The highest BCUT2D eigenvalue weighted by atomic mass is 15.1. The molecule has 0 saturated carbocycles. The summed E-state index contributed by atoms with van der Waals surface area (Å²) in [6, 6.07) is 59.4. The fraction of sp³-hybridized carbons (Fsp3) is 0. The molecule has 1 aliphatic carbocycles. The quantitative estimate of drug-likeness (QED) is 0.189. The summed E-state index contributed by atoms with van der Waals surface area (Å²) in [4.78, 5) is 10.1. The van der Waals surface area contributed by atoms with Gasteiger partial charge in [0.15, 0.2) is 0 Å². The maximum atomic E-state index is 5.37. The normalized spacial score (nSPS) is 12.2. The van der Waals surface area contributed by atoms with Gasteiger partial charge in [-0.1, -0.05) is 91.0 Å². The van der Waals surface area contributed by atoms with Crippen LogP contribution in [0.1, 0.15) is 0 Å². The second-order valence-corrected chi connectivity index (χ2v) is 13.8. The van der Waals surface area contributed by atoms with Crippen molar-refractivity contribution in [2.75, 3.05) is 0 Å². The number of fused-ring (bicyclic) bond motifs is 10. The topological polar surface area (TPSA) is 35.6 Å². The van der Waals surface area contributed by atoms with Crippen LogP contribution in [0.5, 0.6) is 0 Å². The molecule has 4 heteroatoms. The number of hydrogen-bond acceptors (Lipinski definition) is 2. The van der Waals surface area contributed by atoms with E-state index in [-0.39, 0.29) is 0 Å². The smallest absolute Gasteiger partial charge is 0.138 e. The largest absolute Gasteiger partial charge is 0.309 e. The van der Waals surface area contributed by atoms with Crippen molar-refractivity contribution in [3.63, 3.8) is 0 Å². The van der Waals surface area contributed by atoms with Crippen molar-refractivity contribution in [3.05, 3.63) is 170 Å². The first-order valence-electron chi connectivity index (χ1n) is 17.7. The molecule has 7 aromatic carbocycles. The summed E-state index contributed by atoms with van der Waals surface area (Å²) < 4.78 is 4.73. The molecule has 0 saturated heterocycles. The highest BCUT2D eigenvalue weighted by Crippen LogP contribution is 2.46. The molecule has 4 heterocycles. The van der Waals surface area contributed by atoms with E-state index in [9.17, 15) is 0 Å². The van der Waals surface area contributed by atoms with Crippen LogP contribution < -0.4 is 0 Å². The molecule has 12 rings (SSSR count). The lowest BCUT2D eigenvalue weighted by Gasteiger charge is -2.11. The Morgan fingerprint density at radius 3 is 1.88 bits per heavy atom. The third-order valence-electron chi connectivity index (χ3n) is 11.0. The van der Waals surface area contributed by atoms with Gasteiger partial charge in [0.05, 0.1) is 33.5 Å². The van der Waals surface area contributed by atoms with E-state index < -0.39 is 0 Å². The van der Waals surface area contributed by atoms with E-state index >= 15 is 0 Å². The Hall–Kier alpha value is -7.04. The second-order valence-electron chi connectivity index (χ2n) is 13.8. The molecule has 0 amide bonds. The average molecular weight is 661 g/mol. The van der Waals surface area contributed by atoms with Crippen molar-refractivity contribution in [2.45, 2.75) is 0 Å². The van der Waals surface area contributed by atoms with E-state index in [1.807, 2.05) is 12.3 Å². The first-order valence-corrected chi connectivity index (χ1v) is 17.7. The Morgan fingerprint density at radius 1 is 0.385 bits per heavy atom. The third kappa shape index (κ3) is 3.75. The number of rotatable bonds is 3. The number of hydrogen-bond donors (Lipinski definition) is 0. The number of para-hydroxylation sites is 2. The first-order chi connectivity index (χ1) is 25.8. The van der Waals surface area contributed by atoms with Gasteiger partial charge in [-0.05, 0) is 100 Å². The van der Waals surface area contributed by atoms with Gasteiger partial charge in [0.2, 0.25) is 0 Å². The van der Waals surface area contributed by atoms with Crippen LogP contribution in [0.25, 0.3) is 110 Å². The maximum Gasteiger partial charge on any atom is 0.138 e. The summed E-state index contributed by atoms with van der Waals surface area (Å²) in [5.74, 6) is 0.915. The molecule has 4 nitrogen and oxygen atoms in total. The lowest BCUT2D eigenvalue weighted by molar-refractivity contribution is 1.09. The van der Waals surface area contributed by atoms with Crippen LogP contribution in [0, 0.1) is 0 Å². The van der Waals surface area contributed by atoms with Crippen LogP contribution >= 0.6 is 0 Å². The van der Waals surface area contributed by atoms with Crippen LogP contribution in [0.2, 0.25) is 0 Å². The Kier molecular flexibility index (Phi) is 5.47. The maximum absolute atomic E-state index is 5.37. The molecule has 0 spiro atoms. The van der Waals surface area contributed by atoms with E-state index in [0.717, 1.165) is 45.1 Å². The molecule has 0 bridgehead atoms. The number of nitrogens with zero attached hydrogens (tertiary/aromatic N) is 4. The van der Waals surface area contributed by atoms with Gasteiger partial charge in [0.1, 0.15) is 5.82 Å². The van der Waals surface area contributed by atoms with Crippen molar-refractivity contribution in [1.29, 1.82) is 0 Å². The lowest BCUT2D eigenvalue weighted by Crippen LogP contribution is -1.99. The minimum atomic E-state index is 0.915. The Bertz CT molecular complexity index is 3290. The van der Waals surface area contributed by atoms with Crippen LogP contribution in [0.15, 0.2) is 170 Å². The first kappa shape index (κ1) is 27.7. The molecule has 0 aliphatic heterocycles. The van der Waals surface area contributed by atoms with Gasteiger partial charge in [-0.3, -0.25) is 9.55 Å². The van der Waals surface area contributed by atoms with Gasteiger partial charge in [0.25, 0.3) is 0 Å². The van der Waals surface area contributed by atoms with Crippen molar-refractivity contribution < 1.29 is 0 Å². The summed E-state index contributed by atoms with van der Waals surface area (Å²) >= 11 is 0. The molecule has 0 radical (unpaired) electrons. The van der Waals surface area contributed by atoms with Gasteiger partial charge in [-0.25, -0.2) is 4.98 Å². The van der Waals surface area contributed by atoms with Crippen LogP contribution in [0.3, 0.4) is 0 Å². The molecule has 0 atom stereocenters. The summed E-state index contributed by atoms with van der Waals surface area (Å²) in [6.45, 7) is 0. The van der Waals surface area contributed by atoms with E-state index in [1.165, 1.54) is 65.3 Å².